The predicted molar refractivity (Wildman–Crippen MR) is 93.4 cm³/mol. The van der Waals surface area contributed by atoms with Crippen molar-refractivity contribution in [2.24, 2.45) is 0 Å². The minimum Gasteiger partial charge on any atom is -0.323 e. The zero-order valence-corrected chi connectivity index (χ0v) is 13.0. The predicted octanol–water partition coefficient (Wildman–Crippen LogP) is 5.30. The van der Waals surface area contributed by atoms with Crippen molar-refractivity contribution in [3.63, 3.8) is 0 Å². The van der Waals surface area contributed by atoms with E-state index in [9.17, 15) is 0 Å². The maximum absolute atomic E-state index is 4.54. The summed E-state index contributed by atoms with van der Waals surface area (Å²) in [5, 5.41) is 0. The van der Waals surface area contributed by atoms with Gasteiger partial charge in [-0.1, -0.05) is 54.6 Å². The van der Waals surface area contributed by atoms with Crippen LogP contribution in [0.2, 0.25) is 0 Å². The molecule has 3 aromatic rings. The van der Waals surface area contributed by atoms with Gasteiger partial charge in [-0.3, -0.25) is 0 Å². The van der Waals surface area contributed by atoms with Gasteiger partial charge in [-0.25, -0.2) is 4.98 Å². The van der Waals surface area contributed by atoms with Crippen LogP contribution in [0.15, 0.2) is 79.0 Å². The lowest BCUT2D eigenvalue weighted by Crippen LogP contribution is -2.26. The van der Waals surface area contributed by atoms with Crippen LogP contribution in [0.5, 0.6) is 0 Å². The lowest BCUT2D eigenvalue weighted by atomic mass is 10.0. The zero-order chi connectivity index (χ0) is 15.4. The van der Waals surface area contributed by atoms with E-state index in [0.29, 0.717) is 6.04 Å². The van der Waals surface area contributed by atoms with Crippen molar-refractivity contribution in [1.82, 2.24) is 4.98 Å². The van der Waals surface area contributed by atoms with Gasteiger partial charge in [-0.2, -0.15) is 0 Å². The minimum atomic E-state index is 0.319. The van der Waals surface area contributed by atoms with E-state index in [1.165, 1.54) is 16.8 Å². The van der Waals surface area contributed by atoms with Crippen molar-refractivity contribution in [3.05, 3.63) is 79.0 Å². The first kappa shape index (κ1) is 14.3. The first-order valence-electron chi connectivity index (χ1n) is 7.62. The number of anilines is 2. The Bertz CT molecular complexity index is 721. The summed E-state index contributed by atoms with van der Waals surface area (Å²) in [5.74, 6) is 0.973. The molecule has 1 heterocycles. The monoisotopic (exact) mass is 288 g/mol. The summed E-state index contributed by atoms with van der Waals surface area (Å²) >= 11 is 0. The molecule has 0 N–H and O–H groups in total. The van der Waals surface area contributed by atoms with Gasteiger partial charge in [0.2, 0.25) is 0 Å². The summed E-state index contributed by atoms with van der Waals surface area (Å²) in [4.78, 5) is 6.82. The van der Waals surface area contributed by atoms with Crippen LogP contribution in [0.1, 0.15) is 13.8 Å². The van der Waals surface area contributed by atoms with E-state index in [0.717, 1.165) is 5.82 Å². The Hall–Kier alpha value is -2.61. The quantitative estimate of drug-likeness (QED) is 0.648. The number of hydrogen-bond acceptors (Lipinski definition) is 2. The van der Waals surface area contributed by atoms with Crippen molar-refractivity contribution in [3.8, 4) is 11.1 Å². The van der Waals surface area contributed by atoms with Crippen molar-refractivity contribution < 1.29 is 0 Å². The third-order valence-corrected chi connectivity index (χ3v) is 3.66. The average Bonchev–Trinajstić information content (AvgIpc) is 2.57. The Morgan fingerprint density at radius 2 is 1.45 bits per heavy atom. The second-order valence-corrected chi connectivity index (χ2v) is 5.53. The molecule has 0 fully saturated rings. The normalized spacial score (nSPS) is 10.7. The highest BCUT2D eigenvalue weighted by Gasteiger charge is 2.17. The number of rotatable bonds is 4. The van der Waals surface area contributed by atoms with Crippen molar-refractivity contribution in [2.45, 2.75) is 19.9 Å². The number of benzene rings is 2. The van der Waals surface area contributed by atoms with Gasteiger partial charge in [-0.15, -0.1) is 0 Å². The lowest BCUT2D eigenvalue weighted by Gasteiger charge is -2.30. The van der Waals surface area contributed by atoms with Crippen LogP contribution in [0.3, 0.4) is 0 Å². The minimum absolute atomic E-state index is 0.319. The highest BCUT2D eigenvalue weighted by atomic mass is 15.2. The molecule has 3 rings (SSSR count). The molecule has 110 valence electrons. The van der Waals surface area contributed by atoms with E-state index in [1.807, 2.05) is 24.4 Å². The second-order valence-electron chi connectivity index (χ2n) is 5.53. The average molecular weight is 288 g/mol. The molecule has 0 atom stereocenters. The van der Waals surface area contributed by atoms with Crippen molar-refractivity contribution in [1.29, 1.82) is 0 Å². The molecular weight excluding hydrogens is 268 g/mol. The lowest BCUT2D eigenvalue weighted by molar-refractivity contribution is 0.778. The van der Waals surface area contributed by atoms with Crippen LogP contribution in [0.25, 0.3) is 11.1 Å². The Morgan fingerprint density at radius 3 is 2.14 bits per heavy atom. The fourth-order valence-corrected chi connectivity index (χ4v) is 2.71. The van der Waals surface area contributed by atoms with E-state index in [-0.39, 0.29) is 0 Å². The van der Waals surface area contributed by atoms with Crippen LogP contribution in [0.4, 0.5) is 11.5 Å². The van der Waals surface area contributed by atoms with Crippen molar-refractivity contribution in [2.75, 3.05) is 4.90 Å². The summed E-state index contributed by atoms with van der Waals surface area (Å²) in [6.07, 6.45) is 1.84. The van der Waals surface area contributed by atoms with E-state index in [1.54, 1.807) is 0 Å². The zero-order valence-electron chi connectivity index (χ0n) is 13.0. The maximum Gasteiger partial charge on any atom is 0.133 e. The number of aromatic nitrogens is 1. The smallest absolute Gasteiger partial charge is 0.133 e. The Morgan fingerprint density at radius 1 is 0.773 bits per heavy atom. The number of para-hydroxylation sites is 1. The molecule has 0 unspecified atom stereocenters. The Kier molecular flexibility index (Phi) is 4.19. The second kappa shape index (κ2) is 6.44. The molecule has 0 bridgehead atoms. The molecule has 0 spiro atoms. The van der Waals surface area contributed by atoms with Gasteiger partial charge in [0.25, 0.3) is 0 Å². The molecular formula is C20H20N2. The van der Waals surface area contributed by atoms with Gasteiger partial charge in [0.1, 0.15) is 5.82 Å². The topological polar surface area (TPSA) is 16.1 Å². The summed E-state index contributed by atoms with van der Waals surface area (Å²) in [5.41, 5.74) is 3.63. The molecule has 0 aliphatic carbocycles. The Labute approximate surface area is 132 Å². The van der Waals surface area contributed by atoms with Crippen molar-refractivity contribution >= 4 is 11.5 Å². The molecule has 2 heteroatoms. The number of pyridine rings is 1. The Balaban J connectivity index is 2.14. The van der Waals surface area contributed by atoms with Gasteiger partial charge < -0.3 is 4.90 Å². The highest BCUT2D eigenvalue weighted by Crippen LogP contribution is 2.35. The first-order valence-corrected chi connectivity index (χ1v) is 7.62. The summed E-state index contributed by atoms with van der Waals surface area (Å²) in [7, 11) is 0. The number of hydrogen-bond donors (Lipinski definition) is 0. The van der Waals surface area contributed by atoms with Gasteiger partial charge in [0.15, 0.2) is 0 Å². The molecule has 2 aromatic carbocycles. The standard InChI is InChI=1S/C20H20N2/c1-16(2)22(20-14-8-9-15-21-20)19-13-7-6-12-18(19)17-10-4-3-5-11-17/h3-16H,1-2H3. The molecule has 0 aliphatic rings. The van der Waals surface area contributed by atoms with E-state index >= 15 is 0 Å². The van der Waals surface area contributed by atoms with Gasteiger partial charge in [-0.05, 0) is 37.6 Å². The molecule has 2 nitrogen and oxygen atoms in total. The molecule has 0 amide bonds. The van der Waals surface area contributed by atoms with E-state index in [4.69, 9.17) is 0 Å². The van der Waals surface area contributed by atoms with Crippen LogP contribution in [0, 0.1) is 0 Å². The first-order chi connectivity index (χ1) is 10.8. The van der Waals surface area contributed by atoms with E-state index in [2.05, 4.69) is 78.3 Å². The number of nitrogens with zero attached hydrogens (tertiary/aromatic N) is 2. The molecule has 0 saturated carbocycles. The molecule has 22 heavy (non-hydrogen) atoms. The summed E-state index contributed by atoms with van der Waals surface area (Å²) in [6.45, 7) is 4.38. The van der Waals surface area contributed by atoms with Crippen LogP contribution < -0.4 is 4.90 Å². The van der Waals surface area contributed by atoms with Crippen LogP contribution in [-0.2, 0) is 0 Å². The van der Waals surface area contributed by atoms with Gasteiger partial charge in [0.05, 0.1) is 5.69 Å². The maximum atomic E-state index is 4.54. The largest absolute Gasteiger partial charge is 0.323 e. The summed E-state index contributed by atoms with van der Waals surface area (Å²) < 4.78 is 0. The van der Waals surface area contributed by atoms with Gasteiger partial charge in [0, 0.05) is 17.8 Å². The highest BCUT2D eigenvalue weighted by molar-refractivity contribution is 5.81. The SMILES string of the molecule is CC(C)N(c1ccccn1)c1ccccc1-c1ccccc1. The van der Waals surface area contributed by atoms with Crippen LogP contribution in [-0.4, -0.2) is 11.0 Å². The summed E-state index contributed by atoms with van der Waals surface area (Å²) in [6, 6.07) is 25.4. The molecule has 0 aliphatic heterocycles. The van der Waals surface area contributed by atoms with E-state index < -0.39 is 0 Å². The fourth-order valence-electron chi connectivity index (χ4n) is 2.71. The molecule has 0 radical (unpaired) electrons. The van der Waals surface area contributed by atoms with Gasteiger partial charge >= 0.3 is 0 Å². The molecule has 0 saturated heterocycles. The van der Waals surface area contributed by atoms with Crippen LogP contribution >= 0.6 is 0 Å². The molecule has 1 aromatic heterocycles. The fraction of sp³-hybridized carbons (Fsp3) is 0.150. The third-order valence-electron chi connectivity index (χ3n) is 3.66. The third kappa shape index (κ3) is 2.86.